The lowest BCUT2D eigenvalue weighted by Gasteiger charge is -2.21. The van der Waals surface area contributed by atoms with E-state index in [1.807, 2.05) is 36.4 Å². The number of hydrogen-bond acceptors (Lipinski definition) is 3. The summed E-state index contributed by atoms with van der Waals surface area (Å²) in [6.45, 7) is 4.69. The molecule has 0 bridgehead atoms. The molecule has 0 saturated heterocycles. The second-order valence-corrected chi connectivity index (χ2v) is 14.1. The summed E-state index contributed by atoms with van der Waals surface area (Å²) in [5.74, 6) is 1.93. The van der Waals surface area contributed by atoms with Gasteiger partial charge in [0.15, 0.2) is 17.5 Å². The van der Waals surface area contributed by atoms with Crippen LogP contribution in [-0.2, 0) is 5.41 Å². The summed E-state index contributed by atoms with van der Waals surface area (Å²) in [5, 5.41) is 2.51. The van der Waals surface area contributed by atoms with Crippen LogP contribution in [0.3, 0.4) is 0 Å². The number of benzene rings is 7. The Kier molecular flexibility index (Phi) is 6.80. The Morgan fingerprint density at radius 3 is 1.58 bits per heavy atom. The summed E-state index contributed by atoms with van der Waals surface area (Å²) < 4.78 is 2.44. The zero-order valence-electron chi connectivity index (χ0n) is 29.0. The van der Waals surface area contributed by atoms with Gasteiger partial charge in [-0.1, -0.05) is 153 Å². The summed E-state index contributed by atoms with van der Waals surface area (Å²) in [4.78, 5) is 15.0. The van der Waals surface area contributed by atoms with E-state index in [-0.39, 0.29) is 5.41 Å². The topological polar surface area (TPSA) is 43.6 Å². The highest BCUT2D eigenvalue weighted by Gasteiger charge is 2.37. The molecule has 9 aromatic rings. The molecule has 0 N–H and O–H groups in total. The molecule has 246 valence electrons. The van der Waals surface area contributed by atoms with Gasteiger partial charge in [-0.15, -0.1) is 0 Å². The third-order valence-corrected chi connectivity index (χ3v) is 10.7. The fourth-order valence-corrected chi connectivity index (χ4v) is 8.06. The first-order chi connectivity index (χ1) is 25.5. The van der Waals surface area contributed by atoms with Crippen LogP contribution < -0.4 is 0 Å². The summed E-state index contributed by atoms with van der Waals surface area (Å²) in [6.07, 6.45) is 0. The lowest BCUT2D eigenvalue weighted by atomic mass is 9.82. The number of fused-ring (bicyclic) bond motifs is 7. The largest absolute Gasteiger partial charge is 0.309 e. The summed E-state index contributed by atoms with van der Waals surface area (Å²) >= 11 is 0. The van der Waals surface area contributed by atoms with Crippen LogP contribution in [0.15, 0.2) is 170 Å². The Hall–Kier alpha value is -6.65. The van der Waals surface area contributed by atoms with Gasteiger partial charge in [0.05, 0.1) is 11.0 Å². The van der Waals surface area contributed by atoms with Crippen molar-refractivity contribution in [3.8, 4) is 62.1 Å². The molecule has 0 fully saturated rings. The van der Waals surface area contributed by atoms with E-state index in [0.717, 1.165) is 27.9 Å². The number of nitrogens with zero attached hydrogens (tertiary/aromatic N) is 4. The fraction of sp³-hybridized carbons (Fsp3) is 0.0625. The molecule has 1 aliphatic carbocycles. The van der Waals surface area contributed by atoms with E-state index in [9.17, 15) is 0 Å². The van der Waals surface area contributed by atoms with E-state index in [1.165, 1.54) is 49.6 Å². The Morgan fingerprint density at radius 2 is 0.904 bits per heavy atom. The SMILES string of the molecule is CC1(C)c2ccccc2-c2c1ccc1c3ccccc3n(-c3ccc(-c4nc(-c5ccccc5)nc(-c5ccc(-c6ccccc6)cc5)n4)cc3)c21. The maximum absolute atomic E-state index is 5.05. The molecule has 0 atom stereocenters. The van der Waals surface area contributed by atoms with Gasteiger partial charge in [0, 0.05) is 44.1 Å². The summed E-state index contributed by atoms with van der Waals surface area (Å²) in [7, 11) is 0. The molecule has 10 rings (SSSR count). The van der Waals surface area contributed by atoms with Gasteiger partial charge in [-0.2, -0.15) is 0 Å². The highest BCUT2D eigenvalue weighted by atomic mass is 15.0. The molecule has 2 heterocycles. The Labute approximate surface area is 302 Å². The normalized spacial score (nSPS) is 13.0. The van der Waals surface area contributed by atoms with Gasteiger partial charge in [0.1, 0.15) is 0 Å². The second-order valence-electron chi connectivity index (χ2n) is 14.1. The third kappa shape index (κ3) is 4.72. The van der Waals surface area contributed by atoms with Crippen LogP contribution >= 0.6 is 0 Å². The number of para-hydroxylation sites is 1. The van der Waals surface area contributed by atoms with Crippen LogP contribution in [0.1, 0.15) is 25.0 Å². The smallest absolute Gasteiger partial charge is 0.164 e. The quantitative estimate of drug-likeness (QED) is 0.184. The van der Waals surface area contributed by atoms with Crippen molar-refractivity contribution < 1.29 is 0 Å². The zero-order chi connectivity index (χ0) is 34.8. The first-order valence-corrected chi connectivity index (χ1v) is 17.8. The van der Waals surface area contributed by atoms with Gasteiger partial charge in [0.25, 0.3) is 0 Å². The van der Waals surface area contributed by atoms with Gasteiger partial charge >= 0.3 is 0 Å². The van der Waals surface area contributed by atoms with Crippen molar-refractivity contribution >= 4 is 21.8 Å². The Bertz CT molecular complexity index is 2780. The van der Waals surface area contributed by atoms with E-state index in [4.69, 9.17) is 15.0 Å². The van der Waals surface area contributed by atoms with Gasteiger partial charge < -0.3 is 4.57 Å². The fourth-order valence-electron chi connectivity index (χ4n) is 8.06. The van der Waals surface area contributed by atoms with Gasteiger partial charge in [-0.05, 0) is 58.1 Å². The van der Waals surface area contributed by atoms with Crippen LogP contribution in [0.25, 0.3) is 83.9 Å². The van der Waals surface area contributed by atoms with Crippen molar-refractivity contribution in [2.24, 2.45) is 0 Å². The molecule has 4 heteroatoms. The third-order valence-electron chi connectivity index (χ3n) is 10.7. The first kappa shape index (κ1) is 30.2. The van der Waals surface area contributed by atoms with Crippen molar-refractivity contribution in [1.82, 2.24) is 19.5 Å². The number of rotatable bonds is 5. The van der Waals surface area contributed by atoms with E-state index in [2.05, 4.69) is 152 Å². The van der Waals surface area contributed by atoms with Crippen molar-refractivity contribution in [3.63, 3.8) is 0 Å². The summed E-state index contributed by atoms with van der Waals surface area (Å²) in [5.41, 5.74) is 14.0. The molecule has 7 aromatic carbocycles. The van der Waals surface area contributed by atoms with Crippen LogP contribution in [0.4, 0.5) is 0 Å². The van der Waals surface area contributed by atoms with Crippen molar-refractivity contribution in [2.45, 2.75) is 19.3 Å². The van der Waals surface area contributed by atoms with E-state index in [0.29, 0.717) is 17.5 Å². The average Bonchev–Trinajstić information content (AvgIpc) is 3.67. The molecule has 2 aromatic heterocycles. The molecule has 0 amide bonds. The lowest BCUT2D eigenvalue weighted by molar-refractivity contribution is 0.661. The molecule has 0 radical (unpaired) electrons. The van der Waals surface area contributed by atoms with Gasteiger partial charge in [0.2, 0.25) is 0 Å². The van der Waals surface area contributed by atoms with Gasteiger partial charge in [-0.25, -0.2) is 15.0 Å². The van der Waals surface area contributed by atoms with E-state index >= 15 is 0 Å². The average molecular weight is 667 g/mol. The molecule has 52 heavy (non-hydrogen) atoms. The minimum Gasteiger partial charge on any atom is -0.309 e. The summed E-state index contributed by atoms with van der Waals surface area (Å²) in [6, 6.07) is 60.0. The molecule has 0 saturated carbocycles. The molecular formula is C48H34N4. The minimum absolute atomic E-state index is 0.0834. The lowest BCUT2D eigenvalue weighted by Crippen LogP contribution is -2.14. The highest BCUT2D eigenvalue weighted by Crippen LogP contribution is 2.52. The van der Waals surface area contributed by atoms with E-state index < -0.39 is 0 Å². The maximum atomic E-state index is 5.05. The first-order valence-electron chi connectivity index (χ1n) is 17.8. The molecule has 0 spiro atoms. The predicted molar refractivity (Wildman–Crippen MR) is 213 cm³/mol. The highest BCUT2D eigenvalue weighted by molar-refractivity contribution is 6.15. The predicted octanol–water partition coefficient (Wildman–Crippen LogP) is 11.9. The van der Waals surface area contributed by atoms with Crippen LogP contribution in [0.5, 0.6) is 0 Å². The van der Waals surface area contributed by atoms with Crippen molar-refractivity contribution in [1.29, 1.82) is 0 Å². The second kappa shape index (κ2) is 11.7. The minimum atomic E-state index is -0.0834. The monoisotopic (exact) mass is 666 g/mol. The van der Waals surface area contributed by atoms with Gasteiger partial charge in [-0.3, -0.25) is 0 Å². The Balaban J connectivity index is 1.12. The standard InChI is InChI=1S/C48H34N4/c1-48(2)40-19-11-9-18-39(40)43-41(48)30-29-38-37-17-10-12-20-42(37)52(44(38)43)36-27-25-35(26-28-36)47-50-45(33-15-7-4-8-16-33)49-46(51-47)34-23-21-32(22-24-34)31-13-5-3-6-14-31/h3-30H,1-2H3. The maximum Gasteiger partial charge on any atom is 0.164 e. The van der Waals surface area contributed by atoms with Crippen LogP contribution in [0.2, 0.25) is 0 Å². The van der Waals surface area contributed by atoms with E-state index in [1.54, 1.807) is 0 Å². The number of hydrogen-bond donors (Lipinski definition) is 0. The molecule has 1 aliphatic rings. The molecular weight excluding hydrogens is 633 g/mol. The zero-order valence-corrected chi connectivity index (χ0v) is 29.0. The molecule has 4 nitrogen and oxygen atoms in total. The van der Waals surface area contributed by atoms with Crippen LogP contribution in [0, 0.1) is 0 Å². The van der Waals surface area contributed by atoms with Crippen LogP contribution in [-0.4, -0.2) is 19.5 Å². The van der Waals surface area contributed by atoms with Crippen molar-refractivity contribution in [3.05, 3.63) is 181 Å². The van der Waals surface area contributed by atoms with Crippen molar-refractivity contribution in [2.75, 3.05) is 0 Å². The number of aromatic nitrogens is 4. The molecule has 0 aliphatic heterocycles. The molecule has 0 unspecified atom stereocenters. The Morgan fingerprint density at radius 1 is 0.404 bits per heavy atom.